The highest BCUT2D eigenvalue weighted by molar-refractivity contribution is 8.01. The number of hydrogen-bond donors (Lipinski definition) is 2. The van der Waals surface area contributed by atoms with Crippen molar-refractivity contribution in [1.82, 2.24) is 0 Å². The maximum atomic E-state index is 12.3. The van der Waals surface area contributed by atoms with Crippen LogP contribution in [0.15, 0.2) is 42.5 Å². The van der Waals surface area contributed by atoms with Gasteiger partial charge in [-0.15, -0.1) is 11.8 Å². The summed E-state index contributed by atoms with van der Waals surface area (Å²) in [5.41, 5.74) is 4.87. The van der Waals surface area contributed by atoms with Crippen LogP contribution in [-0.2, 0) is 9.59 Å². The second-order valence-corrected chi connectivity index (χ2v) is 7.51. The van der Waals surface area contributed by atoms with E-state index in [1.54, 1.807) is 0 Å². The Hall–Kier alpha value is -2.27. The molecule has 0 saturated carbocycles. The van der Waals surface area contributed by atoms with Crippen molar-refractivity contribution in [2.24, 2.45) is 0 Å². The van der Waals surface area contributed by atoms with Gasteiger partial charge in [-0.1, -0.05) is 29.8 Å². The molecule has 0 fully saturated rings. The van der Waals surface area contributed by atoms with E-state index < -0.39 is 0 Å². The summed E-state index contributed by atoms with van der Waals surface area (Å²) in [6.45, 7) is 7.77. The molecule has 5 heteroatoms. The standard InChI is InChI=1S/C20H24N2O2S/c1-13-6-5-7-17(11-13)21-19(23)12-25-16(4)20(24)22-18-9-8-14(2)10-15(18)3/h5-11,16H,12H2,1-4H3,(H,21,23)(H,22,24). The fraction of sp³-hybridized carbons (Fsp3) is 0.300. The lowest BCUT2D eigenvalue weighted by atomic mass is 10.1. The minimum absolute atomic E-state index is 0.0969. The predicted octanol–water partition coefficient (Wildman–Crippen LogP) is 4.31. The number of benzene rings is 2. The summed E-state index contributed by atoms with van der Waals surface area (Å²) in [5, 5.41) is 5.46. The third-order valence-corrected chi connectivity index (χ3v) is 4.92. The van der Waals surface area contributed by atoms with Crippen molar-refractivity contribution in [3.05, 3.63) is 59.2 Å². The summed E-state index contributed by atoms with van der Waals surface area (Å²) < 4.78 is 0. The van der Waals surface area contributed by atoms with E-state index in [0.717, 1.165) is 28.1 Å². The molecular formula is C20H24N2O2S. The van der Waals surface area contributed by atoms with E-state index in [1.165, 1.54) is 11.8 Å². The molecule has 0 heterocycles. The molecule has 0 aliphatic carbocycles. The van der Waals surface area contributed by atoms with Crippen LogP contribution in [0.25, 0.3) is 0 Å². The highest BCUT2D eigenvalue weighted by Gasteiger charge is 2.16. The van der Waals surface area contributed by atoms with Crippen molar-refractivity contribution < 1.29 is 9.59 Å². The second kappa shape index (κ2) is 8.72. The zero-order valence-electron chi connectivity index (χ0n) is 15.1. The number of anilines is 2. The largest absolute Gasteiger partial charge is 0.325 e. The monoisotopic (exact) mass is 356 g/mol. The van der Waals surface area contributed by atoms with E-state index in [-0.39, 0.29) is 22.8 Å². The smallest absolute Gasteiger partial charge is 0.237 e. The third-order valence-electron chi connectivity index (χ3n) is 3.78. The second-order valence-electron chi connectivity index (χ2n) is 6.18. The Morgan fingerprint density at radius 1 is 1.00 bits per heavy atom. The van der Waals surface area contributed by atoms with E-state index in [2.05, 4.69) is 10.6 Å². The maximum Gasteiger partial charge on any atom is 0.237 e. The van der Waals surface area contributed by atoms with E-state index in [9.17, 15) is 9.59 Å². The molecule has 0 radical (unpaired) electrons. The van der Waals surface area contributed by atoms with Gasteiger partial charge >= 0.3 is 0 Å². The summed E-state index contributed by atoms with van der Waals surface area (Å²) in [6, 6.07) is 13.6. The van der Waals surface area contributed by atoms with Crippen molar-refractivity contribution in [2.75, 3.05) is 16.4 Å². The van der Waals surface area contributed by atoms with Crippen molar-refractivity contribution >= 4 is 35.0 Å². The Labute approximate surface area is 153 Å². The molecule has 2 amide bonds. The molecule has 1 unspecified atom stereocenters. The quantitative estimate of drug-likeness (QED) is 0.811. The van der Waals surface area contributed by atoms with E-state index in [4.69, 9.17) is 0 Å². The van der Waals surface area contributed by atoms with Gasteiger partial charge in [0.2, 0.25) is 11.8 Å². The average Bonchev–Trinajstić information content (AvgIpc) is 2.55. The van der Waals surface area contributed by atoms with Crippen molar-refractivity contribution in [3.8, 4) is 0 Å². The van der Waals surface area contributed by atoms with Crippen molar-refractivity contribution in [1.29, 1.82) is 0 Å². The van der Waals surface area contributed by atoms with E-state index in [0.29, 0.717) is 0 Å². The lowest BCUT2D eigenvalue weighted by Crippen LogP contribution is -2.25. The SMILES string of the molecule is Cc1cccc(NC(=O)CSC(C)C(=O)Nc2ccc(C)cc2C)c1. The molecule has 2 N–H and O–H groups in total. The highest BCUT2D eigenvalue weighted by atomic mass is 32.2. The number of nitrogens with one attached hydrogen (secondary N) is 2. The zero-order valence-corrected chi connectivity index (χ0v) is 15.9. The van der Waals surface area contributed by atoms with Gasteiger partial charge in [0.15, 0.2) is 0 Å². The Kier molecular flexibility index (Phi) is 6.65. The Morgan fingerprint density at radius 2 is 1.72 bits per heavy atom. The molecule has 2 aromatic rings. The fourth-order valence-corrected chi connectivity index (χ4v) is 3.07. The Bertz CT molecular complexity index is 774. The van der Waals surface area contributed by atoms with E-state index >= 15 is 0 Å². The van der Waals surface area contributed by atoms with Gasteiger partial charge in [-0.05, 0) is 57.0 Å². The summed E-state index contributed by atoms with van der Waals surface area (Å²) in [7, 11) is 0. The topological polar surface area (TPSA) is 58.2 Å². The van der Waals surface area contributed by atoms with Gasteiger partial charge in [-0.2, -0.15) is 0 Å². The van der Waals surface area contributed by atoms with Crippen LogP contribution < -0.4 is 10.6 Å². The molecular weight excluding hydrogens is 332 g/mol. The molecule has 0 aliphatic rings. The number of hydrogen-bond acceptors (Lipinski definition) is 3. The normalized spacial score (nSPS) is 11.7. The number of amides is 2. The fourth-order valence-electron chi connectivity index (χ4n) is 2.38. The molecule has 25 heavy (non-hydrogen) atoms. The van der Waals surface area contributed by atoms with Gasteiger partial charge in [0, 0.05) is 11.4 Å². The molecule has 0 bridgehead atoms. The number of aryl methyl sites for hydroxylation is 3. The van der Waals surface area contributed by atoms with Crippen LogP contribution >= 0.6 is 11.8 Å². The van der Waals surface area contributed by atoms with Gasteiger partial charge in [0.05, 0.1) is 11.0 Å². The maximum absolute atomic E-state index is 12.3. The average molecular weight is 356 g/mol. The van der Waals surface area contributed by atoms with Gasteiger partial charge in [0.25, 0.3) is 0 Å². The summed E-state index contributed by atoms with van der Waals surface area (Å²) in [6.07, 6.45) is 0. The number of rotatable bonds is 6. The Morgan fingerprint density at radius 3 is 2.40 bits per heavy atom. The predicted molar refractivity (Wildman–Crippen MR) is 106 cm³/mol. The molecule has 2 aromatic carbocycles. The first-order valence-corrected chi connectivity index (χ1v) is 9.26. The minimum Gasteiger partial charge on any atom is -0.325 e. The molecule has 132 valence electrons. The van der Waals surface area contributed by atoms with E-state index in [1.807, 2.05) is 70.2 Å². The van der Waals surface area contributed by atoms with Crippen LogP contribution in [0.1, 0.15) is 23.6 Å². The molecule has 4 nitrogen and oxygen atoms in total. The molecule has 0 aromatic heterocycles. The molecule has 2 rings (SSSR count). The Balaban J connectivity index is 1.83. The lowest BCUT2D eigenvalue weighted by Gasteiger charge is -2.14. The zero-order chi connectivity index (χ0) is 18.4. The number of thioether (sulfide) groups is 1. The van der Waals surface area contributed by atoms with Crippen LogP contribution in [0.2, 0.25) is 0 Å². The summed E-state index contributed by atoms with van der Waals surface area (Å²) in [4.78, 5) is 24.3. The molecule has 0 spiro atoms. The third kappa shape index (κ3) is 5.94. The van der Waals surface area contributed by atoms with Crippen LogP contribution in [0, 0.1) is 20.8 Å². The first-order valence-electron chi connectivity index (χ1n) is 8.21. The molecule has 0 aliphatic heterocycles. The van der Waals surface area contributed by atoms with Crippen LogP contribution in [0.3, 0.4) is 0 Å². The lowest BCUT2D eigenvalue weighted by molar-refractivity contribution is -0.115. The van der Waals surface area contributed by atoms with Crippen molar-refractivity contribution in [3.63, 3.8) is 0 Å². The van der Waals surface area contributed by atoms with Gasteiger partial charge in [-0.3, -0.25) is 9.59 Å². The van der Waals surface area contributed by atoms with Crippen molar-refractivity contribution in [2.45, 2.75) is 32.9 Å². The van der Waals surface area contributed by atoms with Gasteiger partial charge in [-0.25, -0.2) is 0 Å². The summed E-state index contributed by atoms with van der Waals surface area (Å²) in [5.74, 6) is 0.0251. The van der Waals surface area contributed by atoms with Crippen LogP contribution in [0.4, 0.5) is 11.4 Å². The van der Waals surface area contributed by atoms with Gasteiger partial charge in [0.1, 0.15) is 0 Å². The van der Waals surface area contributed by atoms with Crippen LogP contribution in [-0.4, -0.2) is 22.8 Å². The summed E-state index contributed by atoms with van der Waals surface area (Å²) >= 11 is 1.32. The van der Waals surface area contributed by atoms with Crippen LogP contribution in [0.5, 0.6) is 0 Å². The number of carbonyl (C=O) groups is 2. The first kappa shape index (κ1) is 19.1. The number of carbonyl (C=O) groups excluding carboxylic acids is 2. The molecule has 0 saturated heterocycles. The highest BCUT2D eigenvalue weighted by Crippen LogP contribution is 2.19. The first-order chi connectivity index (χ1) is 11.8. The van der Waals surface area contributed by atoms with Gasteiger partial charge < -0.3 is 10.6 Å². The molecule has 1 atom stereocenters. The minimum atomic E-state index is -0.316.